The molecular weight excluding hydrogens is 309 g/mol. The van der Waals surface area contributed by atoms with Crippen LogP contribution in [-0.4, -0.2) is 19.3 Å². The number of rotatable bonds is 3. The molecule has 112 valence electrons. The molecule has 0 spiro atoms. The highest BCUT2D eigenvalue weighted by atomic mass is 32.2. The molecule has 1 aliphatic heterocycles. The maximum absolute atomic E-state index is 13.0. The van der Waals surface area contributed by atoms with Gasteiger partial charge in [-0.25, -0.2) is 12.8 Å². The molecule has 0 N–H and O–H groups in total. The van der Waals surface area contributed by atoms with E-state index in [0.717, 1.165) is 18.4 Å². The van der Waals surface area contributed by atoms with Gasteiger partial charge >= 0.3 is 0 Å². The summed E-state index contributed by atoms with van der Waals surface area (Å²) in [7, 11) is -3.59. The first-order valence-corrected chi connectivity index (χ1v) is 9.19. The van der Waals surface area contributed by atoms with Crippen molar-refractivity contribution < 1.29 is 12.8 Å². The standard InChI is InChI=1S/C15H16FNO2S2/c1-2-14-13-8-10-20-15(13)7-9-17(14)21(18,19)12-5-3-11(16)4-6-12/h3-6,8,10,14H,2,7,9H2,1H3/t14-/m0/s1. The largest absolute Gasteiger partial charge is 0.243 e. The molecule has 0 radical (unpaired) electrons. The Hall–Kier alpha value is -1.24. The van der Waals surface area contributed by atoms with Gasteiger partial charge in [0.25, 0.3) is 0 Å². The molecule has 0 saturated heterocycles. The van der Waals surface area contributed by atoms with Gasteiger partial charge in [0, 0.05) is 11.4 Å². The summed E-state index contributed by atoms with van der Waals surface area (Å²) in [6, 6.07) is 6.93. The van der Waals surface area contributed by atoms with Gasteiger partial charge < -0.3 is 0 Å². The van der Waals surface area contributed by atoms with E-state index in [-0.39, 0.29) is 10.9 Å². The summed E-state index contributed by atoms with van der Waals surface area (Å²) in [6.45, 7) is 2.47. The molecule has 0 saturated carbocycles. The molecule has 0 bridgehead atoms. The highest BCUT2D eigenvalue weighted by Crippen LogP contribution is 2.38. The summed E-state index contributed by atoms with van der Waals surface area (Å²) in [5, 5.41) is 2.02. The number of hydrogen-bond acceptors (Lipinski definition) is 3. The minimum absolute atomic E-state index is 0.130. The van der Waals surface area contributed by atoms with Crippen LogP contribution in [0.15, 0.2) is 40.6 Å². The Morgan fingerprint density at radius 2 is 2.00 bits per heavy atom. The molecule has 1 atom stereocenters. The van der Waals surface area contributed by atoms with E-state index in [2.05, 4.69) is 0 Å². The smallest absolute Gasteiger partial charge is 0.207 e. The first kappa shape index (κ1) is 14.7. The molecule has 3 nitrogen and oxygen atoms in total. The summed E-state index contributed by atoms with van der Waals surface area (Å²) in [4.78, 5) is 1.42. The second-order valence-electron chi connectivity index (χ2n) is 5.04. The molecule has 0 amide bonds. The van der Waals surface area contributed by atoms with Gasteiger partial charge in [0.1, 0.15) is 5.82 Å². The van der Waals surface area contributed by atoms with Crippen molar-refractivity contribution in [2.45, 2.75) is 30.7 Å². The van der Waals surface area contributed by atoms with E-state index in [1.165, 1.54) is 29.1 Å². The molecule has 1 aromatic carbocycles. The lowest BCUT2D eigenvalue weighted by molar-refractivity contribution is 0.303. The van der Waals surface area contributed by atoms with Gasteiger partial charge in [-0.15, -0.1) is 11.3 Å². The van der Waals surface area contributed by atoms with Crippen molar-refractivity contribution in [2.24, 2.45) is 0 Å². The van der Waals surface area contributed by atoms with Gasteiger partial charge in [0.2, 0.25) is 10.0 Å². The minimum Gasteiger partial charge on any atom is -0.207 e. The van der Waals surface area contributed by atoms with E-state index < -0.39 is 15.8 Å². The van der Waals surface area contributed by atoms with Crippen molar-refractivity contribution in [1.82, 2.24) is 4.31 Å². The third kappa shape index (κ3) is 2.52. The fraction of sp³-hybridized carbons (Fsp3) is 0.333. The number of hydrogen-bond donors (Lipinski definition) is 0. The molecule has 0 unspecified atom stereocenters. The second kappa shape index (κ2) is 5.51. The lowest BCUT2D eigenvalue weighted by Crippen LogP contribution is -2.39. The molecular formula is C15H16FNO2S2. The third-order valence-electron chi connectivity index (χ3n) is 3.85. The zero-order chi connectivity index (χ0) is 15.0. The summed E-state index contributed by atoms with van der Waals surface area (Å²) < 4.78 is 40.2. The highest BCUT2D eigenvalue weighted by Gasteiger charge is 2.35. The lowest BCUT2D eigenvalue weighted by Gasteiger charge is -2.34. The monoisotopic (exact) mass is 325 g/mol. The van der Waals surface area contributed by atoms with Crippen LogP contribution >= 0.6 is 11.3 Å². The van der Waals surface area contributed by atoms with Crippen LogP contribution in [-0.2, 0) is 16.4 Å². The molecule has 0 fully saturated rings. The third-order valence-corrected chi connectivity index (χ3v) is 6.77. The van der Waals surface area contributed by atoms with E-state index in [9.17, 15) is 12.8 Å². The van der Waals surface area contributed by atoms with Crippen LogP contribution in [0.5, 0.6) is 0 Å². The van der Waals surface area contributed by atoms with Gasteiger partial charge in [-0.1, -0.05) is 6.92 Å². The summed E-state index contributed by atoms with van der Waals surface area (Å²) in [6.07, 6.45) is 1.47. The van der Waals surface area contributed by atoms with Crippen molar-refractivity contribution in [1.29, 1.82) is 0 Å². The van der Waals surface area contributed by atoms with Crippen LogP contribution in [0.3, 0.4) is 0 Å². The van der Waals surface area contributed by atoms with E-state index in [4.69, 9.17) is 0 Å². The van der Waals surface area contributed by atoms with Crippen LogP contribution in [0.1, 0.15) is 29.8 Å². The topological polar surface area (TPSA) is 37.4 Å². The fourth-order valence-electron chi connectivity index (χ4n) is 2.83. The normalized spacial score (nSPS) is 19.4. The predicted molar refractivity (Wildman–Crippen MR) is 81.3 cm³/mol. The molecule has 2 heterocycles. The van der Waals surface area contributed by atoms with Gasteiger partial charge in [0.05, 0.1) is 10.9 Å². The lowest BCUT2D eigenvalue weighted by atomic mass is 10.0. The number of thiophene rings is 1. The molecule has 0 aliphatic carbocycles. The zero-order valence-electron chi connectivity index (χ0n) is 11.6. The van der Waals surface area contributed by atoms with E-state index in [1.54, 1.807) is 15.6 Å². The Morgan fingerprint density at radius 1 is 1.29 bits per heavy atom. The molecule has 2 aromatic rings. The average Bonchev–Trinajstić information content (AvgIpc) is 2.95. The molecule has 6 heteroatoms. The van der Waals surface area contributed by atoms with Gasteiger partial charge in [-0.05, 0) is 54.1 Å². The first-order chi connectivity index (χ1) is 10.0. The Balaban J connectivity index is 2.01. The SMILES string of the molecule is CC[C@H]1c2ccsc2CCN1S(=O)(=O)c1ccc(F)cc1. The number of benzene rings is 1. The first-order valence-electron chi connectivity index (χ1n) is 6.87. The number of sulfonamides is 1. The van der Waals surface area contributed by atoms with Crippen molar-refractivity contribution in [3.8, 4) is 0 Å². The Labute approximate surface area is 128 Å². The van der Waals surface area contributed by atoms with Crippen LogP contribution in [0, 0.1) is 5.82 Å². The molecule has 1 aromatic heterocycles. The van der Waals surface area contributed by atoms with Crippen molar-refractivity contribution in [3.05, 3.63) is 52.0 Å². The van der Waals surface area contributed by atoms with Crippen molar-refractivity contribution >= 4 is 21.4 Å². The number of nitrogens with zero attached hydrogens (tertiary/aromatic N) is 1. The Bertz CT molecular complexity index is 737. The van der Waals surface area contributed by atoms with Crippen LogP contribution in [0.4, 0.5) is 4.39 Å². The Morgan fingerprint density at radius 3 is 2.67 bits per heavy atom. The van der Waals surface area contributed by atoms with Crippen LogP contribution < -0.4 is 0 Å². The van der Waals surface area contributed by atoms with Gasteiger partial charge in [-0.3, -0.25) is 0 Å². The van der Waals surface area contributed by atoms with Crippen molar-refractivity contribution in [2.75, 3.05) is 6.54 Å². The summed E-state index contributed by atoms with van der Waals surface area (Å²) in [5.41, 5.74) is 1.11. The second-order valence-corrected chi connectivity index (χ2v) is 7.93. The summed E-state index contributed by atoms with van der Waals surface area (Å²) in [5.74, 6) is -0.431. The average molecular weight is 325 g/mol. The molecule has 1 aliphatic rings. The maximum atomic E-state index is 13.0. The number of halogens is 1. The summed E-state index contributed by atoms with van der Waals surface area (Å²) >= 11 is 1.68. The van der Waals surface area contributed by atoms with Crippen molar-refractivity contribution in [3.63, 3.8) is 0 Å². The minimum atomic E-state index is -3.59. The van der Waals surface area contributed by atoms with E-state index in [1.807, 2.05) is 18.4 Å². The van der Waals surface area contributed by atoms with E-state index in [0.29, 0.717) is 6.54 Å². The van der Waals surface area contributed by atoms with E-state index >= 15 is 0 Å². The molecule has 3 rings (SSSR count). The fourth-order valence-corrected chi connectivity index (χ4v) is 5.43. The van der Waals surface area contributed by atoms with Gasteiger partial charge in [-0.2, -0.15) is 4.31 Å². The predicted octanol–water partition coefficient (Wildman–Crippen LogP) is 3.59. The Kier molecular flexibility index (Phi) is 3.86. The van der Waals surface area contributed by atoms with Crippen LogP contribution in [0.2, 0.25) is 0 Å². The van der Waals surface area contributed by atoms with Gasteiger partial charge in [0.15, 0.2) is 0 Å². The van der Waals surface area contributed by atoms with Crippen LogP contribution in [0.25, 0.3) is 0 Å². The molecule has 21 heavy (non-hydrogen) atoms. The quantitative estimate of drug-likeness (QED) is 0.865. The number of fused-ring (bicyclic) bond motifs is 1. The zero-order valence-corrected chi connectivity index (χ0v) is 13.3. The maximum Gasteiger partial charge on any atom is 0.243 e. The highest BCUT2D eigenvalue weighted by molar-refractivity contribution is 7.89.